The van der Waals surface area contributed by atoms with Crippen LogP contribution in [0.3, 0.4) is 0 Å². The average Bonchev–Trinajstić information content (AvgIpc) is 2.80. The van der Waals surface area contributed by atoms with Gasteiger partial charge in [-0.3, -0.25) is 19.7 Å². The SMILES string of the molecule is CCOC(=O)C[C@@H](c1ccc([N+](=O)[O-])cc1)[C@@H](NC(=O)c1cccc(C(=O)OC)c1)C(=O)O. The van der Waals surface area contributed by atoms with Crippen molar-refractivity contribution >= 4 is 29.5 Å². The molecule has 0 spiro atoms. The Hall–Kier alpha value is -4.28. The lowest BCUT2D eigenvalue weighted by atomic mass is 9.88. The number of nitro groups is 1. The predicted octanol–water partition coefficient (Wildman–Crippen LogP) is 2.30. The number of carboxylic acids is 1. The van der Waals surface area contributed by atoms with Crippen molar-refractivity contribution in [2.45, 2.75) is 25.3 Å². The molecule has 0 heterocycles. The van der Waals surface area contributed by atoms with Crippen LogP contribution in [0.25, 0.3) is 0 Å². The van der Waals surface area contributed by atoms with E-state index in [0.717, 1.165) is 0 Å². The van der Waals surface area contributed by atoms with Crippen LogP contribution in [0.2, 0.25) is 0 Å². The summed E-state index contributed by atoms with van der Waals surface area (Å²) in [6, 6.07) is 8.90. The highest BCUT2D eigenvalue weighted by Crippen LogP contribution is 2.27. The Balaban J connectivity index is 2.39. The molecule has 2 rings (SSSR count). The molecule has 2 aromatic carbocycles. The summed E-state index contributed by atoms with van der Waals surface area (Å²) in [5.74, 6) is -4.70. The van der Waals surface area contributed by atoms with Crippen molar-refractivity contribution in [3.8, 4) is 0 Å². The predicted molar refractivity (Wildman–Crippen MR) is 114 cm³/mol. The van der Waals surface area contributed by atoms with Crippen molar-refractivity contribution in [2.75, 3.05) is 13.7 Å². The minimum absolute atomic E-state index is 0.00253. The molecule has 0 unspecified atom stereocenters. The molecule has 0 bridgehead atoms. The lowest BCUT2D eigenvalue weighted by Gasteiger charge is -2.25. The molecule has 33 heavy (non-hydrogen) atoms. The molecule has 1 amide bonds. The third kappa shape index (κ3) is 6.60. The molecule has 2 aromatic rings. The zero-order chi connectivity index (χ0) is 24.5. The summed E-state index contributed by atoms with van der Waals surface area (Å²) in [5, 5.41) is 23.1. The van der Waals surface area contributed by atoms with Gasteiger partial charge < -0.3 is 19.9 Å². The number of nitro benzene ring substituents is 1. The lowest BCUT2D eigenvalue weighted by molar-refractivity contribution is -0.384. The number of nitrogens with one attached hydrogen (secondary N) is 1. The number of aliphatic carboxylic acids is 1. The first kappa shape index (κ1) is 25.0. The van der Waals surface area contributed by atoms with Gasteiger partial charge >= 0.3 is 17.9 Å². The van der Waals surface area contributed by atoms with Gasteiger partial charge in [-0.2, -0.15) is 0 Å². The number of benzene rings is 2. The first-order valence-corrected chi connectivity index (χ1v) is 9.80. The van der Waals surface area contributed by atoms with Crippen LogP contribution in [-0.2, 0) is 19.1 Å². The normalized spacial score (nSPS) is 12.2. The summed E-state index contributed by atoms with van der Waals surface area (Å²) >= 11 is 0. The van der Waals surface area contributed by atoms with Crippen LogP contribution in [0.1, 0.15) is 45.5 Å². The van der Waals surface area contributed by atoms with E-state index in [4.69, 9.17) is 4.74 Å². The standard InChI is InChI=1S/C22H22N2O9/c1-3-33-18(25)12-17(13-7-9-16(10-8-13)24(30)31)19(21(27)28)23-20(26)14-5-4-6-15(11-14)22(29)32-2/h4-11,17,19H,3,12H2,1-2H3,(H,23,26)(H,27,28)/t17-,19+/m0/s1. The molecular weight excluding hydrogens is 436 g/mol. The highest BCUT2D eigenvalue weighted by atomic mass is 16.6. The van der Waals surface area contributed by atoms with Crippen LogP contribution in [0.15, 0.2) is 48.5 Å². The Bertz CT molecular complexity index is 1050. The molecular formula is C22H22N2O9. The second-order valence-electron chi connectivity index (χ2n) is 6.83. The molecule has 0 aliphatic carbocycles. The zero-order valence-corrected chi connectivity index (χ0v) is 17.8. The second-order valence-corrected chi connectivity index (χ2v) is 6.83. The van der Waals surface area contributed by atoms with Crippen LogP contribution >= 0.6 is 0 Å². The van der Waals surface area contributed by atoms with Gasteiger partial charge in [-0.05, 0) is 30.7 Å². The van der Waals surface area contributed by atoms with E-state index in [1.165, 1.54) is 55.6 Å². The van der Waals surface area contributed by atoms with E-state index in [0.29, 0.717) is 0 Å². The van der Waals surface area contributed by atoms with E-state index in [2.05, 4.69) is 10.1 Å². The largest absolute Gasteiger partial charge is 0.480 e. The Labute approximate surface area is 188 Å². The maximum atomic E-state index is 12.8. The van der Waals surface area contributed by atoms with Crippen LogP contribution in [0.5, 0.6) is 0 Å². The monoisotopic (exact) mass is 458 g/mol. The van der Waals surface area contributed by atoms with Gasteiger partial charge in [-0.1, -0.05) is 18.2 Å². The van der Waals surface area contributed by atoms with Crippen molar-refractivity contribution in [2.24, 2.45) is 0 Å². The smallest absolute Gasteiger partial charge is 0.337 e. The zero-order valence-electron chi connectivity index (χ0n) is 17.8. The van der Waals surface area contributed by atoms with Gasteiger partial charge in [0.2, 0.25) is 0 Å². The van der Waals surface area contributed by atoms with E-state index >= 15 is 0 Å². The molecule has 0 fully saturated rings. The Morgan fingerprint density at radius 1 is 1.09 bits per heavy atom. The van der Waals surface area contributed by atoms with Crippen LogP contribution in [0.4, 0.5) is 5.69 Å². The number of rotatable bonds is 10. The minimum Gasteiger partial charge on any atom is -0.480 e. The van der Waals surface area contributed by atoms with Gasteiger partial charge in [0.05, 0.1) is 30.6 Å². The third-order valence-electron chi connectivity index (χ3n) is 4.72. The Morgan fingerprint density at radius 3 is 2.27 bits per heavy atom. The van der Waals surface area contributed by atoms with Gasteiger partial charge in [0, 0.05) is 23.6 Å². The molecule has 0 aromatic heterocycles. The van der Waals surface area contributed by atoms with Gasteiger partial charge in [-0.15, -0.1) is 0 Å². The van der Waals surface area contributed by atoms with E-state index in [-0.39, 0.29) is 29.0 Å². The number of ether oxygens (including phenoxy) is 2. The van der Waals surface area contributed by atoms with Gasteiger partial charge in [0.25, 0.3) is 11.6 Å². The topological polar surface area (TPSA) is 162 Å². The number of nitrogens with zero attached hydrogens (tertiary/aromatic N) is 1. The molecule has 0 aliphatic heterocycles. The van der Waals surface area contributed by atoms with Crippen molar-refractivity contribution in [1.29, 1.82) is 0 Å². The number of hydrogen-bond donors (Lipinski definition) is 2. The molecule has 2 atom stereocenters. The fourth-order valence-corrected chi connectivity index (χ4v) is 3.14. The number of carbonyl (C=O) groups is 4. The van der Waals surface area contributed by atoms with Crippen molar-refractivity contribution in [3.63, 3.8) is 0 Å². The van der Waals surface area contributed by atoms with E-state index in [1.807, 2.05) is 0 Å². The van der Waals surface area contributed by atoms with Crippen molar-refractivity contribution in [3.05, 3.63) is 75.3 Å². The lowest BCUT2D eigenvalue weighted by Crippen LogP contribution is -2.45. The molecule has 0 radical (unpaired) electrons. The molecule has 0 saturated carbocycles. The average molecular weight is 458 g/mol. The number of carboxylic acid groups (broad SMARTS) is 1. The highest BCUT2D eigenvalue weighted by Gasteiger charge is 2.34. The van der Waals surface area contributed by atoms with Gasteiger partial charge in [0.1, 0.15) is 6.04 Å². The maximum Gasteiger partial charge on any atom is 0.337 e. The van der Waals surface area contributed by atoms with E-state index in [1.54, 1.807) is 6.92 Å². The van der Waals surface area contributed by atoms with Crippen LogP contribution < -0.4 is 5.32 Å². The number of methoxy groups -OCH3 is 1. The molecule has 174 valence electrons. The van der Waals surface area contributed by atoms with Crippen LogP contribution in [-0.4, -0.2) is 53.6 Å². The number of amides is 1. The van der Waals surface area contributed by atoms with E-state index in [9.17, 15) is 34.4 Å². The number of esters is 2. The summed E-state index contributed by atoms with van der Waals surface area (Å²) < 4.78 is 9.54. The number of carbonyl (C=O) groups excluding carboxylic acids is 3. The Kier molecular flexibility index (Phi) is 8.61. The molecule has 0 saturated heterocycles. The summed E-state index contributed by atoms with van der Waals surface area (Å²) in [5.41, 5.74) is 0.159. The summed E-state index contributed by atoms with van der Waals surface area (Å²) in [6.45, 7) is 1.65. The minimum atomic E-state index is -1.58. The van der Waals surface area contributed by atoms with Crippen molar-refractivity contribution < 1.29 is 38.7 Å². The summed E-state index contributed by atoms with van der Waals surface area (Å²) in [7, 11) is 1.18. The van der Waals surface area contributed by atoms with Crippen molar-refractivity contribution in [1.82, 2.24) is 5.32 Å². The maximum absolute atomic E-state index is 12.8. The highest BCUT2D eigenvalue weighted by molar-refractivity contribution is 5.99. The molecule has 11 nitrogen and oxygen atoms in total. The molecule has 11 heteroatoms. The first-order chi connectivity index (χ1) is 15.7. The van der Waals surface area contributed by atoms with Gasteiger partial charge in [-0.25, -0.2) is 9.59 Å². The van der Waals surface area contributed by atoms with E-state index < -0.39 is 47.1 Å². The quantitative estimate of drug-likeness (QED) is 0.309. The summed E-state index contributed by atoms with van der Waals surface area (Å²) in [6.07, 6.45) is -0.398. The third-order valence-corrected chi connectivity index (χ3v) is 4.72. The first-order valence-electron chi connectivity index (χ1n) is 9.80. The van der Waals surface area contributed by atoms with Crippen LogP contribution in [0, 0.1) is 10.1 Å². The second kappa shape index (κ2) is 11.4. The fourth-order valence-electron chi connectivity index (χ4n) is 3.14. The molecule has 2 N–H and O–H groups in total. The molecule has 0 aliphatic rings. The Morgan fingerprint density at radius 2 is 1.73 bits per heavy atom. The number of hydrogen-bond acceptors (Lipinski definition) is 8. The fraction of sp³-hybridized carbons (Fsp3) is 0.273. The van der Waals surface area contributed by atoms with Gasteiger partial charge in [0.15, 0.2) is 0 Å². The number of non-ortho nitro benzene ring substituents is 1. The summed E-state index contributed by atoms with van der Waals surface area (Å²) in [4.78, 5) is 59.0.